The van der Waals surface area contributed by atoms with E-state index >= 15 is 0 Å². The molecular weight excluding hydrogens is 444 g/mol. The lowest BCUT2D eigenvalue weighted by Gasteiger charge is -2.43. The second-order valence-electron chi connectivity index (χ2n) is 8.67. The Bertz CT molecular complexity index is 1190. The van der Waals surface area contributed by atoms with Gasteiger partial charge in [0.05, 0.1) is 24.7 Å². The molecule has 1 aliphatic heterocycles. The lowest BCUT2D eigenvalue weighted by molar-refractivity contribution is -0.153. The molecule has 0 saturated carbocycles. The molecule has 3 atom stereocenters. The van der Waals surface area contributed by atoms with E-state index in [1.54, 1.807) is 18.7 Å². The molecule has 7 nitrogen and oxygen atoms in total. The van der Waals surface area contributed by atoms with Crippen LogP contribution < -0.4 is 10.6 Å². The molecule has 0 spiro atoms. The standard InChI is InChI=1S/C28H30N2O5/c1-4-34-27(32)21-17(3)16-20-23(25(21)31)22(18-12-8-6-9-13-18)24(28(33)35-5-2)26(29)30(20)19-14-10-7-11-15-19/h6-15,17,21-22H,4-5,16,29H2,1-3H3. The van der Waals surface area contributed by atoms with E-state index in [1.165, 1.54) is 0 Å². The van der Waals surface area contributed by atoms with E-state index in [0.29, 0.717) is 17.7 Å². The number of carbonyl (C=O) groups excluding carboxylic acids is 3. The van der Waals surface area contributed by atoms with E-state index in [-0.39, 0.29) is 36.3 Å². The summed E-state index contributed by atoms with van der Waals surface area (Å²) in [5.41, 5.74) is 9.43. The van der Waals surface area contributed by atoms with Crippen LogP contribution in [0.15, 0.2) is 83.3 Å². The summed E-state index contributed by atoms with van der Waals surface area (Å²) in [6.45, 7) is 5.64. The Morgan fingerprint density at radius 2 is 1.57 bits per heavy atom. The maximum absolute atomic E-state index is 14.1. The van der Waals surface area contributed by atoms with E-state index in [0.717, 1.165) is 11.3 Å². The molecule has 1 heterocycles. The molecule has 1 aliphatic carbocycles. The molecule has 0 saturated heterocycles. The molecule has 0 bridgehead atoms. The molecule has 182 valence electrons. The quantitative estimate of drug-likeness (QED) is 0.498. The van der Waals surface area contributed by atoms with Gasteiger partial charge in [-0.05, 0) is 43.9 Å². The lowest BCUT2D eigenvalue weighted by Crippen LogP contribution is -2.46. The van der Waals surface area contributed by atoms with E-state index in [4.69, 9.17) is 15.2 Å². The van der Waals surface area contributed by atoms with Crippen molar-refractivity contribution in [3.05, 3.63) is 88.9 Å². The Morgan fingerprint density at radius 3 is 2.17 bits per heavy atom. The average Bonchev–Trinajstić information content (AvgIpc) is 2.84. The first-order chi connectivity index (χ1) is 16.9. The van der Waals surface area contributed by atoms with Crippen LogP contribution in [0.5, 0.6) is 0 Å². The summed E-state index contributed by atoms with van der Waals surface area (Å²) in [5, 5.41) is 0. The molecule has 0 amide bonds. The number of Topliss-reactive ketones (excluding diaryl/α,β-unsaturated/α-hetero) is 1. The summed E-state index contributed by atoms with van der Waals surface area (Å²) in [5.74, 6) is -3.29. The van der Waals surface area contributed by atoms with Gasteiger partial charge in [0.15, 0.2) is 5.78 Å². The predicted molar refractivity (Wildman–Crippen MR) is 132 cm³/mol. The van der Waals surface area contributed by atoms with Crippen molar-refractivity contribution in [2.75, 3.05) is 18.1 Å². The molecular formula is C28H30N2O5. The Kier molecular flexibility index (Phi) is 7.05. The third-order valence-electron chi connectivity index (χ3n) is 6.49. The largest absolute Gasteiger partial charge is 0.465 e. The van der Waals surface area contributed by atoms with Crippen LogP contribution in [0.25, 0.3) is 0 Å². The summed E-state index contributed by atoms with van der Waals surface area (Å²) in [4.78, 5) is 42.0. The summed E-state index contributed by atoms with van der Waals surface area (Å²) < 4.78 is 10.7. The van der Waals surface area contributed by atoms with E-state index in [9.17, 15) is 14.4 Å². The monoisotopic (exact) mass is 474 g/mol. The van der Waals surface area contributed by atoms with Crippen LogP contribution in [-0.2, 0) is 23.9 Å². The highest BCUT2D eigenvalue weighted by Gasteiger charge is 2.49. The fourth-order valence-electron chi connectivity index (χ4n) is 5.03. The normalized spacial score (nSPS) is 22.1. The molecule has 2 N–H and O–H groups in total. The average molecular weight is 475 g/mol. The van der Waals surface area contributed by atoms with Gasteiger partial charge >= 0.3 is 11.9 Å². The number of hydrogen-bond donors (Lipinski definition) is 1. The van der Waals surface area contributed by atoms with E-state index < -0.39 is 23.8 Å². The van der Waals surface area contributed by atoms with Crippen LogP contribution in [0, 0.1) is 11.8 Å². The van der Waals surface area contributed by atoms with Crippen LogP contribution >= 0.6 is 0 Å². The molecule has 35 heavy (non-hydrogen) atoms. The van der Waals surface area contributed by atoms with Gasteiger partial charge in [-0.25, -0.2) is 4.79 Å². The van der Waals surface area contributed by atoms with Gasteiger partial charge in [-0.2, -0.15) is 0 Å². The van der Waals surface area contributed by atoms with Crippen molar-refractivity contribution in [3.63, 3.8) is 0 Å². The summed E-state index contributed by atoms with van der Waals surface area (Å²) >= 11 is 0. The van der Waals surface area contributed by atoms with E-state index in [1.807, 2.05) is 67.6 Å². The number of nitrogens with zero attached hydrogens (tertiary/aromatic N) is 1. The van der Waals surface area contributed by atoms with Gasteiger partial charge in [0, 0.05) is 17.0 Å². The minimum absolute atomic E-state index is 0.158. The number of ketones is 1. The molecule has 2 aromatic carbocycles. The first-order valence-corrected chi connectivity index (χ1v) is 11.9. The van der Waals surface area contributed by atoms with Gasteiger partial charge in [-0.3, -0.25) is 14.5 Å². The molecule has 2 aliphatic rings. The van der Waals surface area contributed by atoms with Crippen molar-refractivity contribution in [1.29, 1.82) is 0 Å². The fourth-order valence-corrected chi connectivity index (χ4v) is 5.03. The number of carbonyl (C=O) groups is 3. The number of rotatable bonds is 6. The minimum atomic E-state index is -0.958. The highest BCUT2D eigenvalue weighted by molar-refractivity contribution is 6.13. The van der Waals surface area contributed by atoms with E-state index in [2.05, 4.69) is 0 Å². The lowest BCUT2D eigenvalue weighted by atomic mass is 9.69. The molecule has 0 radical (unpaired) electrons. The SMILES string of the molecule is CCOC(=O)C1=C(N)N(c2ccccc2)C2=C(C(=O)C(C(=O)OCC)C(C)C2)C1c1ccccc1. The van der Waals surface area contributed by atoms with Gasteiger partial charge in [-0.15, -0.1) is 0 Å². The van der Waals surface area contributed by atoms with Crippen LogP contribution in [0.1, 0.15) is 38.7 Å². The Hall–Kier alpha value is -3.87. The van der Waals surface area contributed by atoms with Gasteiger partial charge in [-0.1, -0.05) is 55.5 Å². The highest BCUT2D eigenvalue weighted by Crippen LogP contribution is 2.49. The highest BCUT2D eigenvalue weighted by atomic mass is 16.5. The molecule has 0 aromatic heterocycles. The predicted octanol–water partition coefficient (Wildman–Crippen LogP) is 4.07. The Morgan fingerprint density at radius 1 is 0.971 bits per heavy atom. The number of allylic oxidation sites excluding steroid dienone is 2. The summed E-state index contributed by atoms with van der Waals surface area (Å²) in [7, 11) is 0. The van der Waals surface area contributed by atoms with Crippen molar-refractivity contribution in [2.24, 2.45) is 17.6 Å². The smallest absolute Gasteiger partial charge is 0.338 e. The number of esters is 2. The number of ether oxygens (including phenoxy) is 2. The van der Waals surface area contributed by atoms with Crippen LogP contribution in [0.3, 0.4) is 0 Å². The Labute approximate surface area is 205 Å². The maximum atomic E-state index is 14.1. The zero-order chi connectivity index (χ0) is 25.1. The van der Waals surface area contributed by atoms with Crippen molar-refractivity contribution in [3.8, 4) is 0 Å². The second kappa shape index (κ2) is 10.2. The van der Waals surface area contributed by atoms with Crippen molar-refractivity contribution < 1.29 is 23.9 Å². The van der Waals surface area contributed by atoms with Gasteiger partial charge in [0.2, 0.25) is 0 Å². The molecule has 4 rings (SSSR count). The third-order valence-corrected chi connectivity index (χ3v) is 6.49. The molecule has 3 unspecified atom stereocenters. The molecule has 0 fully saturated rings. The van der Waals surface area contributed by atoms with Crippen LogP contribution in [-0.4, -0.2) is 30.9 Å². The van der Waals surface area contributed by atoms with Crippen LogP contribution in [0.2, 0.25) is 0 Å². The topological polar surface area (TPSA) is 98.9 Å². The number of anilines is 1. The number of para-hydroxylation sites is 1. The van der Waals surface area contributed by atoms with Crippen molar-refractivity contribution >= 4 is 23.4 Å². The fraction of sp³-hybridized carbons (Fsp3) is 0.321. The van der Waals surface area contributed by atoms with Crippen molar-refractivity contribution in [1.82, 2.24) is 0 Å². The number of hydrogen-bond acceptors (Lipinski definition) is 7. The number of nitrogens with two attached hydrogens (primary N) is 1. The second-order valence-corrected chi connectivity index (χ2v) is 8.67. The van der Waals surface area contributed by atoms with Crippen molar-refractivity contribution in [2.45, 2.75) is 33.1 Å². The van der Waals surface area contributed by atoms with Gasteiger partial charge in [0.25, 0.3) is 0 Å². The van der Waals surface area contributed by atoms with Gasteiger partial charge in [0.1, 0.15) is 11.7 Å². The third kappa shape index (κ3) is 4.34. The zero-order valence-corrected chi connectivity index (χ0v) is 20.2. The molecule has 2 aromatic rings. The minimum Gasteiger partial charge on any atom is -0.465 e. The Balaban J connectivity index is 2.00. The molecule has 7 heteroatoms. The maximum Gasteiger partial charge on any atom is 0.338 e. The summed E-state index contributed by atoms with van der Waals surface area (Å²) in [6.07, 6.45) is 0.416. The summed E-state index contributed by atoms with van der Waals surface area (Å²) in [6, 6.07) is 18.6. The first kappa shape index (κ1) is 24.3. The zero-order valence-electron chi connectivity index (χ0n) is 20.2. The van der Waals surface area contributed by atoms with Gasteiger partial charge < -0.3 is 15.2 Å². The first-order valence-electron chi connectivity index (χ1n) is 11.9. The van der Waals surface area contributed by atoms with Crippen LogP contribution in [0.4, 0.5) is 5.69 Å². The number of benzene rings is 2.